The normalized spacial score (nSPS) is 20.5. The molecule has 7 heteroatoms. The van der Waals surface area contributed by atoms with Gasteiger partial charge < -0.3 is 14.6 Å². The van der Waals surface area contributed by atoms with Gasteiger partial charge in [-0.2, -0.15) is 0 Å². The SMILES string of the molecule is Cn1cncc1C(=O)N[C@H]1CCC[C@H]1Oc1cc(F)cc(F)c1. The molecule has 1 fully saturated rings. The van der Waals surface area contributed by atoms with Crippen molar-refractivity contribution < 1.29 is 18.3 Å². The standard InChI is InChI=1S/C16H17F2N3O2/c1-21-9-19-8-14(21)16(22)20-13-3-2-4-15(13)23-12-6-10(17)5-11(18)7-12/h5-9,13,15H,2-4H2,1H3,(H,20,22)/t13-,15+/m0/s1. The number of carbonyl (C=O) groups is 1. The summed E-state index contributed by atoms with van der Waals surface area (Å²) < 4.78 is 33.8. The lowest BCUT2D eigenvalue weighted by atomic mass is 10.2. The highest BCUT2D eigenvalue weighted by Crippen LogP contribution is 2.26. The molecule has 0 aliphatic heterocycles. The number of rotatable bonds is 4. The summed E-state index contributed by atoms with van der Waals surface area (Å²) in [5.74, 6) is -1.48. The van der Waals surface area contributed by atoms with Crippen molar-refractivity contribution in [2.45, 2.75) is 31.4 Å². The summed E-state index contributed by atoms with van der Waals surface area (Å²) >= 11 is 0. The van der Waals surface area contributed by atoms with Gasteiger partial charge in [-0.25, -0.2) is 13.8 Å². The zero-order valence-corrected chi connectivity index (χ0v) is 12.6. The molecule has 0 bridgehead atoms. The van der Waals surface area contributed by atoms with Crippen LogP contribution in [0.2, 0.25) is 0 Å². The van der Waals surface area contributed by atoms with Crippen molar-refractivity contribution in [1.82, 2.24) is 14.9 Å². The summed E-state index contributed by atoms with van der Waals surface area (Å²) in [6, 6.07) is 2.87. The monoisotopic (exact) mass is 321 g/mol. The number of hydrogen-bond donors (Lipinski definition) is 1. The first-order chi connectivity index (χ1) is 11.0. The Morgan fingerprint density at radius 1 is 1.30 bits per heavy atom. The molecule has 122 valence electrons. The van der Waals surface area contributed by atoms with Crippen LogP contribution in [0.5, 0.6) is 5.75 Å². The first-order valence-electron chi connectivity index (χ1n) is 7.43. The molecule has 1 aromatic carbocycles. The number of aromatic nitrogens is 2. The third-order valence-corrected chi connectivity index (χ3v) is 3.94. The largest absolute Gasteiger partial charge is 0.488 e. The highest BCUT2D eigenvalue weighted by Gasteiger charge is 2.31. The fourth-order valence-corrected chi connectivity index (χ4v) is 2.82. The van der Waals surface area contributed by atoms with Crippen LogP contribution in [0.4, 0.5) is 8.78 Å². The van der Waals surface area contributed by atoms with E-state index in [1.165, 1.54) is 6.20 Å². The van der Waals surface area contributed by atoms with Gasteiger partial charge >= 0.3 is 0 Å². The second kappa shape index (κ2) is 6.36. The van der Waals surface area contributed by atoms with Gasteiger partial charge in [-0.3, -0.25) is 4.79 Å². The molecule has 0 unspecified atom stereocenters. The van der Waals surface area contributed by atoms with Gasteiger partial charge in [0, 0.05) is 25.2 Å². The summed E-state index contributed by atoms with van der Waals surface area (Å²) in [6.45, 7) is 0. The Hall–Kier alpha value is -2.44. The average Bonchev–Trinajstić information content (AvgIpc) is 3.07. The third-order valence-electron chi connectivity index (χ3n) is 3.94. The maximum absolute atomic E-state index is 13.2. The molecule has 3 rings (SSSR count). The molecular formula is C16H17F2N3O2. The van der Waals surface area contributed by atoms with Crippen molar-refractivity contribution in [2.24, 2.45) is 7.05 Å². The van der Waals surface area contributed by atoms with Gasteiger partial charge in [0.25, 0.3) is 5.91 Å². The van der Waals surface area contributed by atoms with Crippen LogP contribution >= 0.6 is 0 Å². The maximum Gasteiger partial charge on any atom is 0.269 e. The van der Waals surface area contributed by atoms with Crippen LogP contribution in [0.15, 0.2) is 30.7 Å². The minimum Gasteiger partial charge on any atom is -0.488 e. The number of amides is 1. The second-order valence-corrected chi connectivity index (χ2v) is 5.66. The lowest BCUT2D eigenvalue weighted by Crippen LogP contribution is -2.43. The average molecular weight is 321 g/mol. The molecule has 23 heavy (non-hydrogen) atoms. The molecule has 1 N–H and O–H groups in total. The molecule has 5 nitrogen and oxygen atoms in total. The zero-order valence-electron chi connectivity index (χ0n) is 12.6. The number of benzene rings is 1. The molecule has 1 aromatic heterocycles. The first kappa shape index (κ1) is 15.5. The number of hydrogen-bond acceptors (Lipinski definition) is 3. The number of ether oxygens (including phenoxy) is 1. The topological polar surface area (TPSA) is 56.2 Å². The van der Waals surface area contributed by atoms with Crippen molar-refractivity contribution in [3.8, 4) is 5.75 Å². The molecule has 0 spiro atoms. The number of carbonyl (C=O) groups excluding carboxylic acids is 1. The summed E-state index contributed by atoms with van der Waals surface area (Å²) in [7, 11) is 1.74. The molecule has 1 aliphatic rings. The lowest BCUT2D eigenvalue weighted by molar-refractivity contribution is 0.0885. The fourth-order valence-electron chi connectivity index (χ4n) is 2.82. The van der Waals surface area contributed by atoms with E-state index in [-0.39, 0.29) is 23.8 Å². The first-order valence-corrected chi connectivity index (χ1v) is 7.43. The second-order valence-electron chi connectivity index (χ2n) is 5.66. The number of imidazole rings is 1. The van der Waals surface area contributed by atoms with Gasteiger partial charge in [0.2, 0.25) is 0 Å². The summed E-state index contributed by atoms with van der Waals surface area (Å²) in [4.78, 5) is 16.2. The van der Waals surface area contributed by atoms with E-state index in [1.54, 1.807) is 17.9 Å². The van der Waals surface area contributed by atoms with Crippen LogP contribution in [0.3, 0.4) is 0 Å². The predicted molar refractivity (Wildman–Crippen MR) is 79.1 cm³/mol. The molecular weight excluding hydrogens is 304 g/mol. The Morgan fingerprint density at radius 2 is 2.04 bits per heavy atom. The molecule has 2 aromatic rings. The maximum atomic E-state index is 13.2. The van der Waals surface area contributed by atoms with Crippen molar-refractivity contribution in [3.05, 3.63) is 48.1 Å². The van der Waals surface area contributed by atoms with Crippen LogP contribution in [-0.2, 0) is 7.05 Å². The van der Waals surface area contributed by atoms with Gasteiger partial charge in [0.05, 0.1) is 18.6 Å². The van der Waals surface area contributed by atoms with Crippen LogP contribution in [0.25, 0.3) is 0 Å². The minimum absolute atomic E-state index is 0.134. The van der Waals surface area contributed by atoms with Crippen molar-refractivity contribution in [2.75, 3.05) is 0 Å². The van der Waals surface area contributed by atoms with Gasteiger partial charge in [0.15, 0.2) is 0 Å². The Labute approximate surface area is 132 Å². The van der Waals surface area contributed by atoms with E-state index >= 15 is 0 Å². The molecule has 1 aliphatic carbocycles. The predicted octanol–water partition coefficient (Wildman–Crippen LogP) is 2.43. The van der Waals surface area contributed by atoms with Gasteiger partial charge in [0.1, 0.15) is 29.2 Å². The third kappa shape index (κ3) is 3.49. The Kier molecular flexibility index (Phi) is 4.27. The van der Waals surface area contributed by atoms with E-state index in [0.717, 1.165) is 31.0 Å². The molecule has 0 saturated heterocycles. The highest BCUT2D eigenvalue weighted by molar-refractivity contribution is 5.92. The Balaban J connectivity index is 1.68. The van der Waals surface area contributed by atoms with E-state index < -0.39 is 11.6 Å². The van der Waals surface area contributed by atoms with E-state index in [2.05, 4.69) is 10.3 Å². The summed E-state index contributed by atoms with van der Waals surface area (Å²) in [5, 5.41) is 2.91. The number of nitrogens with one attached hydrogen (secondary N) is 1. The van der Waals surface area contributed by atoms with E-state index in [4.69, 9.17) is 4.74 Å². The van der Waals surface area contributed by atoms with Crippen LogP contribution in [-0.4, -0.2) is 27.6 Å². The van der Waals surface area contributed by atoms with E-state index in [0.29, 0.717) is 12.1 Å². The number of nitrogens with zero attached hydrogens (tertiary/aromatic N) is 2. The van der Waals surface area contributed by atoms with Crippen LogP contribution in [0, 0.1) is 11.6 Å². The zero-order chi connectivity index (χ0) is 16.4. The van der Waals surface area contributed by atoms with Gasteiger partial charge in [-0.05, 0) is 19.3 Å². The van der Waals surface area contributed by atoms with E-state index in [1.807, 2.05) is 0 Å². The number of aryl methyl sites for hydroxylation is 1. The van der Waals surface area contributed by atoms with Gasteiger partial charge in [-0.1, -0.05) is 0 Å². The van der Waals surface area contributed by atoms with Crippen molar-refractivity contribution in [1.29, 1.82) is 0 Å². The Morgan fingerprint density at radius 3 is 2.70 bits per heavy atom. The fraction of sp³-hybridized carbons (Fsp3) is 0.375. The van der Waals surface area contributed by atoms with E-state index in [9.17, 15) is 13.6 Å². The van der Waals surface area contributed by atoms with Crippen molar-refractivity contribution in [3.63, 3.8) is 0 Å². The molecule has 1 saturated carbocycles. The molecule has 2 atom stereocenters. The quantitative estimate of drug-likeness (QED) is 0.941. The Bertz CT molecular complexity index is 697. The smallest absolute Gasteiger partial charge is 0.269 e. The van der Waals surface area contributed by atoms with Crippen molar-refractivity contribution >= 4 is 5.91 Å². The van der Waals surface area contributed by atoms with Crippen LogP contribution in [0.1, 0.15) is 29.8 Å². The molecule has 0 radical (unpaired) electrons. The summed E-state index contributed by atoms with van der Waals surface area (Å²) in [6.07, 6.45) is 5.07. The molecule has 1 amide bonds. The lowest BCUT2D eigenvalue weighted by Gasteiger charge is -2.22. The number of halogens is 2. The minimum atomic E-state index is -0.687. The summed E-state index contributed by atoms with van der Waals surface area (Å²) in [5.41, 5.74) is 0.451. The highest BCUT2D eigenvalue weighted by atomic mass is 19.1. The van der Waals surface area contributed by atoms with Crippen LogP contribution < -0.4 is 10.1 Å². The van der Waals surface area contributed by atoms with Gasteiger partial charge in [-0.15, -0.1) is 0 Å². The molecule has 1 heterocycles.